The van der Waals surface area contributed by atoms with Gasteiger partial charge in [-0.2, -0.15) is 0 Å². The molecule has 0 bridgehead atoms. The number of benzene rings is 1. The second-order valence-corrected chi connectivity index (χ2v) is 4.04. The second kappa shape index (κ2) is 4.61. The minimum atomic E-state index is -1.05. The van der Waals surface area contributed by atoms with Crippen molar-refractivity contribution in [3.63, 3.8) is 0 Å². The van der Waals surface area contributed by atoms with Gasteiger partial charge in [-0.05, 0) is 36.6 Å². The van der Waals surface area contributed by atoms with Gasteiger partial charge in [-0.15, -0.1) is 0 Å². The van der Waals surface area contributed by atoms with Gasteiger partial charge in [-0.25, -0.2) is 4.39 Å². The van der Waals surface area contributed by atoms with Gasteiger partial charge in [-0.3, -0.25) is 4.79 Å². The number of hydrogen-bond acceptors (Lipinski definition) is 2. The van der Waals surface area contributed by atoms with Crippen LogP contribution in [0.1, 0.15) is 29.5 Å². The van der Waals surface area contributed by atoms with Crippen molar-refractivity contribution in [1.82, 2.24) is 0 Å². The Morgan fingerprint density at radius 2 is 1.94 bits per heavy atom. The maximum absolute atomic E-state index is 13.2. The third-order valence-corrected chi connectivity index (χ3v) is 3.08. The molecule has 2 unspecified atom stereocenters. The molecular formula is C12H16FNO2. The Kier molecular flexibility index (Phi) is 3.65. The van der Waals surface area contributed by atoms with E-state index in [2.05, 4.69) is 0 Å². The number of halogens is 1. The number of nitrogens with two attached hydrogens (primary N) is 1. The minimum Gasteiger partial charge on any atom is -0.480 e. The molecule has 0 aliphatic carbocycles. The van der Waals surface area contributed by atoms with Crippen molar-refractivity contribution in [2.75, 3.05) is 0 Å². The van der Waals surface area contributed by atoms with Gasteiger partial charge in [0, 0.05) is 5.92 Å². The molecule has 0 heterocycles. The van der Waals surface area contributed by atoms with Crippen molar-refractivity contribution >= 4 is 5.97 Å². The standard InChI is InChI=1S/C12H16FNO2/c1-6-7(2)10(13)5-4-9(6)8(3)11(14)12(15)16/h4-5,8,11H,14H2,1-3H3,(H,15,16). The van der Waals surface area contributed by atoms with E-state index in [1.165, 1.54) is 6.07 Å². The lowest BCUT2D eigenvalue weighted by molar-refractivity contribution is -0.139. The molecule has 16 heavy (non-hydrogen) atoms. The first-order chi connectivity index (χ1) is 7.36. The van der Waals surface area contributed by atoms with Crippen molar-refractivity contribution in [2.24, 2.45) is 5.73 Å². The van der Waals surface area contributed by atoms with E-state index in [0.29, 0.717) is 5.56 Å². The van der Waals surface area contributed by atoms with Crippen molar-refractivity contribution in [2.45, 2.75) is 32.7 Å². The van der Waals surface area contributed by atoms with Crippen LogP contribution in [-0.2, 0) is 4.79 Å². The molecule has 4 heteroatoms. The van der Waals surface area contributed by atoms with Gasteiger partial charge >= 0.3 is 5.97 Å². The number of rotatable bonds is 3. The zero-order valence-corrected chi connectivity index (χ0v) is 9.62. The van der Waals surface area contributed by atoms with E-state index in [9.17, 15) is 9.18 Å². The van der Waals surface area contributed by atoms with Gasteiger partial charge in [0.05, 0.1) is 0 Å². The summed E-state index contributed by atoms with van der Waals surface area (Å²) in [4.78, 5) is 10.8. The molecule has 0 aromatic heterocycles. The lowest BCUT2D eigenvalue weighted by atomic mass is 9.88. The Morgan fingerprint density at radius 3 is 2.44 bits per heavy atom. The van der Waals surface area contributed by atoms with Gasteiger partial charge in [0.15, 0.2) is 0 Å². The average molecular weight is 225 g/mol. The van der Waals surface area contributed by atoms with Crippen molar-refractivity contribution < 1.29 is 14.3 Å². The highest BCUT2D eigenvalue weighted by Gasteiger charge is 2.23. The first-order valence-corrected chi connectivity index (χ1v) is 5.10. The maximum atomic E-state index is 13.2. The predicted molar refractivity (Wildman–Crippen MR) is 59.9 cm³/mol. The van der Waals surface area contributed by atoms with Crippen LogP contribution < -0.4 is 5.73 Å². The SMILES string of the molecule is Cc1c(F)ccc(C(C)C(N)C(=O)O)c1C. The van der Waals surface area contributed by atoms with E-state index >= 15 is 0 Å². The first-order valence-electron chi connectivity index (χ1n) is 5.10. The molecule has 0 amide bonds. The molecule has 0 radical (unpaired) electrons. The van der Waals surface area contributed by atoms with Crippen LogP contribution in [0.3, 0.4) is 0 Å². The number of carboxylic acids is 1. The normalized spacial score (nSPS) is 14.6. The molecule has 3 nitrogen and oxygen atoms in total. The van der Waals surface area contributed by atoms with Crippen LogP contribution in [0.5, 0.6) is 0 Å². The Balaban J connectivity index is 3.14. The zero-order chi connectivity index (χ0) is 12.5. The smallest absolute Gasteiger partial charge is 0.321 e. The Hall–Kier alpha value is -1.42. The summed E-state index contributed by atoms with van der Waals surface area (Å²) in [5, 5.41) is 8.83. The summed E-state index contributed by atoms with van der Waals surface area (Å²) >= 11 is 0. The molecule has 1 rings (SSSR count). The molecule has 0 aliphatic rings. The number of carboxylic acid groups (broad SMARTS) is 1. The molecule has 2 atom stereocenters. The molecule has 0 fully saturated rings. The fourth-order valence-electron chi connectivity index (χ4n) is 1.71. The predicted octanol–water partition coefficient (Wildman–Crippen LogP) is 1.96. The van der Waals surface area contributed by atoms with Gasteiger partial charge < -0.3 is 10.8 Å². The summed E-state index contributed by atoms with van der Waals surface area (Å²) < 4.78 is 13.2. The largest absolute Gasteiger partial charge is 0.480 e. The summed E-state index contributed by atoms with van der Waals surface area (Å²) in [6.45, 7) is 5.18. The van der Waals surface area contributed by atoms with E-state index in [1.807, 2.05) is 0 Å². The molecule has 0 saturated heterocycles. The van der Waals surface area contributed by atoms with Crippen LogP contribution in [-0.4, -0.2) is 17.1 Å². The summed E-state index contributed by atoms with van der Waals surface area (Å²) in [6, 6.07) is 1.98. The third-order valence-electron chi connectivity index (χ3n) is 3.08. The second-order valence-electron chi connectivity index (χ2n) is 4.04. The van der Waals surface area contributed by atoms with Crippen molar-refractivity contribution in [1.29, 1.82) is 0 Å². The molecule has 1 aromatic rings. The Bertz CT molecular complexity index is 418. The monoisotopic (exact) mass is 225 g/mol. The van der Waals surface area contributed by atoms with Gasteiger partial charge in [0.2, 0.25) is 0 Å². The average Bonchev–Trinajstić information content (AvgIpc) is 2.24. The third kappa shape index (κ3) is 2.22. The van der Waals surface area contributed by atoms with Crippen LogP contribution in [0.25, 0.3) is 0 Å². The maximum Gasteiger partial charge on any atom is 0.321 e. The Morgan fingerprint density at radius 1 is 1.38 bits per heavy atom. The number of hydrogen-bond donors (Lipinski definition) is 2. The fourth-order valence-corrected chi connectivity index (χ4v) is 1.71. The lowest BCUT2D eigenvalue weighted by Crippen LogP contribution is -2.35. The van der Waals surface area contributed by atoms with E-state index in [0.717, 1.165) is 11.1 Å². The van der Waals surface area contributed by atoms with E-state index in [4.69, 9.17) is 10.8 Å². The summed E-state index contributed by atoms with van der Waals surface area (Å²) in [6.07, 6.45) is 0. The van der Waals surface area contributed by atoms with E-state index in [-0.39, 0.29) is 11.7 Å². The van der Waals surface area contributed by atoms with Gasteiger partial charge in [0.25, 0.3) is 0 Å². The molecular weight excluding hydrogens is 209 g/mol. The molecule has 0 aliphatic heterocycles. The van der Waals surface area contributed by atoms with Crippen molar-refractivity contribution in [3.05, 3.63) is 34.6 Å². The first kappa shape index (κ1) is 12.6. The number of carbonyl (C=O) groups is 1. The lowest BCUT2D eigenvalue weighted by Gasteiger charge is -2.19. The quantitative estimate of drug-likeness (QED) is 0.826. The minimum absolute atomic E-state index is 0.280. The highest BCUT2D eigenvalue weighted by atomic mass is 19.1. The van der Waals surface area contributed by atoms with Crippen LogP contribution in [0, 0.1) is 19.7 Å². The fraction of sp³-hybridized carbons (Fsp3) is 0.417. The highest BCUT2D eigenvalue weighted by molar-refractivity contribution is 5.74. The molecule has 88 valence electrons. The van der Waals surface area contributed by atoms with Crippen molar-refractivity contribution in [3.8, 4) is 0 Å². The summed E-state index contributed by atoms with van der Waals surface area (Å²) in [5.41, 5.74) is 7.65. The van der Waals surface area contributed by atoms with Crippen LogP contribution in [0.4, 0.5) is 4.39 Å². The van der Waals surface area contributed by atoms with Crippen LogP contribution in [0.2, 0.25) is 0 Å². The molecule has 3 N–H and O–H groups in total. The molecule has 0 spiro atoms. The van der Waals surface area contributed by atoms with Gasteiger partial charge in [-0.1, -0.05) is 13.0 Å². The Labute approximate surface area is 94.1 Å². The van der Waals surface area contributed by atoms with E-state index in [1.54, 1.807) is 26.8 Å². The molecule has 1 aromatic carbocycles. The summed E-state index contributed by atoms with van der Waals surface area (Å²) in [5.74, 6) is -1.66. The van der Waals surface area contributed by atoms with E-state index < -0.39 is 12.0 Å². The van der Waals surface area contributed by atoms with Crippen LogP contribution in [0.15, 0.2) is 12.1 Å². The highest BCUT2D eigenvalue weighted by Crippen LogP contribution is 2.25. The number of aliphatic carboxylic acids is 1. The van der Waals surface area contributed by atoms with Gasteiger partial charge in [0.1, 0.15) is 11.9 Å². The zero-order valence-electron chi connectivity index (χ0n) is 9.62. The summed E-state index contributed by atoms with van der Waals surface area (Å²) in [7, 11) is 0. The molecule has 0 saturated carbocycles. The topological polar surface area (TPSA) is 63.3 Å². The van der Waals surface area contributed by atoms with Crippen LogP contribution >= 0.6 is 0 Å².